The van der Waals surface area contributed by atoms with E-state index in [2.05, 4.69) is 5.32 Å². The second kappa shape index (κ2) is 5.61. The van der Waals surface area contributed by atoms with Gasteiger partial charge >= 0.3 is 0 Å². The number of amides is 1. The number of rotatable bonds is 5. The molecule has 3 rings (SSSR count). The summed E-state index contributed by atoms with van der Waals surface area (Å²) in [7, 11) is 0. The molecule has 20 heavy (non-hydrogen) atoms. The Morgan fingerprint density at radius 3 is 2.50 bits per heavy atom. The van der Waals surface area contributed by atoms with Gasteiger partial charge in [0.2, 0.25) is 5.91 Å². The van der Waals surface area contributed by atoms with Crippen molar-refractivity contribution in [3.8, 4) is 0 Å². The first kappa shape index (κ1) is 13.7. The summed E-state index contributed by atoms with van der Waals surface area (Å²) in [5.41, 5.74) is 2.01. The second-order valence-corrected chi connectivity index (χ2v) is 6.46. The van der Waals surface area contributed by atoms with Crippen LogP contribution in [0.15, 0.2) is 24.3 Å². The molecule has 2 aliphatic carbocycles. The molecule has 1 N–H and O–H groups in total. The summed E-state index contributed by atoms with van der Waals surface area (Å²) in [6.07, 6.45) is 8.56. The quantitative estimate of drug-likeness (QED) is 0.817. The molecule has 0 heterocycles. The zero-order chi connectivity index (χ0) is 14.1. The molecular formula is C17H20ClNO. The van der Waals surface area contributed by atoms with Gasteiger partial charge in [0.05, 0.1) is 0 Å². The van der Waals surface area contributed by atoms with Gasteiger partial charge in [-0.25, -0.2) is 0 Å². The highest BCUT2D eigenvalue weighted by Crippen LogP contribution is 2.44. The number of nitrogens with one attached hydrogen (secondary N) is 1. The molecule has 0 aromatic heterocycles. The van der Waals surface area contributed by atoms with E-state index in [1.54, 1.807) is 6.08 Å². The highest BCUT2D eigenvalue weighted by Gasteiger charge is 2.41. The Morgan fingerprint density at radius 1 is 1.30 bits per heavy atom. The lowest BCUT2D eigenvalue weighted by atomic mass is 10.1. The third-order valence-corrected chi connectivity index (χ3v) is 4.60. The molecular weight excluding hydrogens is 270 g/mol. The molecule has 0 aliphatic heterocycles. The van der Waals surface area contributed by atoms with Crippen LogP contribution in [0.2, 0.25) is 5.02 Å². The van der Waals surface area contributed by atoms with Crippen LogP contribution in [0.25, 0.3) is 6.08 Å². The van der Waals surface area contributed by atoms with Crippen molar-refractivity contribution in [2.45, 2.75) is 38.6 Å². The van der Waals surface area contributed by atoms with Crippen molar-refractivity contribution in [2.24, 2.45) is 11.8 Å². The van der Waals surface area contributed by atoms with Gasteiger partial charge < -0.3 is 5.32 Å². The number of halogens is 1. The number of carbonyl (C=O) groups is 1. The summed E-state index contributed by atoms with van der Waals surface area (Å²) in [5, 5.41) is 3.92. The van der Waals surface area contributed by atoms with Crippen LogP contribution in [0.4, 0.5) is 0 Å². The normalized spacial score (nSPS) is 18.8. The molecule has 1 aromatic carbocycles. The lowest BCUT2D eigenvalue weighted by molar-refractivity contribution is -0.117. The Kier molecular flexibility index (Phi) is 3.84. The summed E-state index contributed by atoms with van der Waals surface area (Å²) < 4.78 is 0. The minimum atomic E-state index is 0.0190. The smallest absolute Gasteiger partial charge is 0.244 e. The maximum absolute atomic E-state index is 12.0. The van der Waals surface area contributed by atoms with Crippen molar-refractivity contribution >= 4 is 23.6 Å². The molecule has 2 saturated carbocycles. The van der Waals surface area contributed by atoms with E-state index in [9.17, 15) is 4.79 Å². The minimum Gasteiger partial charge on any atom is -0.349 e. The molecule has 0 atom stereocenters. The Morgan fingerprint density at radius 2 is 1.95 bits per heavy atom. The largest absolute Gasteiger partial charge is 0.349 e. The fourth-order valence-corrected chi connectivity index (χ4v) is 2.82. The van der Waals surface area contributed by atoms with E-state index < -0.39 is 0 Å². The van der Waals surface area contributed by atoms with Crippen LogP contribution < -0.4 is 5.32 Å². The molecule has 2 fully saturated rings. The molecule has 0 saturated heterocycles. The highest BCUT2D eigenvalue weighted by atomic mass is 35.5. The van der Waals surface area contributed by atoms with Crippen molar-refractivity contribution in [1.82, 2.24) is 5.32 Å². The van der Waals surface area contributed by atoms with E-state index in [0.717, 1.165) is 28.0 Å². The maximum Gasteiger partial charge on any atom is 0.244 e. The fourth-order valence-electron chi connectivity index (χ4n) is 2.63. The first-order chi connectivity index (χ1) is 9.63. The topological polar surface area (TPSA) is 29.1 Å². The Balaban J connectivity index is 1.59. The summed E-state index contributed by atoms with van der Waals surface area (Å²) in [4.78, 5) is 12.0. The van der Waals surface area contributed by atoms with Crippen LogP contribution in [-0.4, -0.2) is 11.9 Å². The van der Waals surface area contributed by atoms with E-state index >= 15 is 0 Å². The van der Waals surface area contributed by atoms with E-state index in [0.29, 0.717) is 6.04 Å². The first-order valence-electron chi connectivity index (χ1n) is 7.38. The predicted octanol–water partition coefficient (Wildman–Crippen LogP) is 3.97. The van der Waals surface area contributed by atoms with Crippen LogP contribution >= 0.6 is 11.6 Å². The summed E-state index contributed by atoms with van der Waals surface area (Å²) in [6.45, 7) is 1.97. The van der Waals surface area contributed by atoms with Crippen molar-refractivity contribution in [3.05, 3.63) is 40.4 Å². The average molecular weight is 290 g/mol. The Hall–Kier alpha value is -1.28. The number of carbonyl (C=O) groups excluding carboxylic acids is 1. The van der Waals surface area contributed by atoms with E-state index in [4.69, 9.17) is 11.6 Å². The molecule has 0 unspecified atom stereocenters. The maximum atomic E-state index is 12.0. The zero-order valence-electron chi connectivity index (χ0n) is 11.7. The summed E-state index contributed by atoms with van der Waals surface area (Å²) in [6, 6.07) is 6.25. The Bertz CT molecular complexity index is 532. The van der Waals surface area contributed by atoms with Gasteiger partial charge in [0.15, 0.2) is 0 Å². The minimum absolute atomic E-state index is 0.0190. The Labute approximate surface area is 125 Å². The molecule has 0 spiro atoms. The third-order valence-electron chi connectivity index (χ3n) is 4.19. The molecule has 1 aromatic rings. The van der Waals surface area contributed by atoms with Crippen LogP contribution in [-0.2, 0) is 4.79 Å². The fraction of sp³-hybridized carbons (Fsp3) is 0.471. The van der Waals surface area contributed by atoms with Gasteiger partial charge in [0.25, 0.3) is 0 Å². The lowest BCUT2D eigenvalue weighted by Crippen LogP contribution is -2.37. The van der Waals surface area contributed by atoms with Gasteiger partial charge in [-0.05, 0) is 67.7 Å². The second-order valence-electron chi connectivity index (χ2n) is 6.05. The highest BCUT2D eigenvalue weighted by molar-refractivity contribution is 6.31. The third kappa shape index (κ3) is 3.43. The summed E-state index contributed by atoms with van der Waals surface area (Å²) >= 11 is 6.08. The van der Waals surface area contributed by atoms with Crippen molar-refractivity contribution in [2.75, 3.05) is 0 Å². The number of benzene rings is 1. The molecule has 106 valence electrons. The standard InChI is InChI=1S/C17H20ClNO/c1-11-2-3-12(10-15(11)18)4-9-16(20)19-17(13-5-6-13)14-7-8-14/h2-4,9-10,13-14,17H,5-8H2,1H3,(H,19,20)/b9-4+. The van der Waals surface area contributed by atoms with Gasteiger partial charge in [-0.1, -0.05) is 23.7 Å². The van der Waals surface area contributed by atoms with Crippen molar-refractivity contribution in [3.63, 3.8) is 0 Å². The van der Waals surface area contributed by atoms with Gasteiger partial charge in [0, 0.05) is 17.1 Å². The van der Waals surface area contributed by atoms with Gasteiger partial charge in [-0.3, -0.25) is 4.79 Å². The number of aryl methyl sites for hydroxylation is 1. The van der Waals surface area contributed by atoms with E-state index in [1.807, 2.05) is 31.2 Å². The summed E-state index contributed by atoms with van der Waals surface area (Å²) in [5.74, 6) is 1.48. The van der Waals surface area contributed by atoms with E-state index in [1.165, 1.54) is 25.7 Å². The molecule has 0 radical (unpaired) electrons. The van der Waals surface area contributed by atoms with Crippen LogP contribution in [0.1, 0.15) is 36.8 Å². The predicted molar refractivity (Wildman–Crippen MR) is 82.6 cm³/mol. The molecule has 1 amide bonds. The van der Waals surface area contributed by atoms with Crippen LogP contribution in [0.5, 0.6) is 0 Å². The molecule has 2 nitrogen and oxygen atoms in total. The van der Waals surface area contributed by atoms with E-state index in [-0.39, 0.29) is 5.91 Å². The number of hydrogen-bond donors (Lipinski definition) is 1. The molecule has 2 aliphatic rings. The molecule has 0 bridgehead atoms. The van der Waals surface area contributed by atoms with Gasteiger partial charge in [-0.2, -0.15) is 0 Å². The average Bonchev–Trinajstić information content (AvgIpc) is 3.28. The molecule has 3 heteroatoms. The van der Waals surface area contributed by atoms with Crippen LogP contribution in [0.3, 0.4) is 0 Å². The lowest BCUT2D eigenvalue weighted by Gasteiger charge is -2.16. The first-order valence-corrected chi connectivity index (χ1v) is 7.76. The monoisotopic (exact) mass is 289 g/mol. The number of hydrogen-bond acceptors (Lipinski definition) is 1. The van der Waals surface area contributed by atoms with Gasteiger partial charge in [-0.15, -0.1) is 0 Å². The zero-order valence-corrected chi connectivity index (χ0v) is 12.5. The van der Waals surface area contributed by atoms with Crippen LogP contribution in [0, 0.1) is 18.8 Å². The van der Waals surface area contributed by atoms with Crippen molar-refractivity contribution < 1.29 is 4.79 Å². The van der Waals surface area contributed by atoms with Crippen molar-refractivity contribution in [1.29, 1.82) is 0 Å². The van der Waals surface area contributed by atoms with Gasteiger partial charge in [0.1, 0.15) is 0 Å². The SMILES string of the molecule is Cc1ccc(/C=C/C(=O)NC(C2CC2)C2CC2)cc1Cl.